The van der Waals surface area contributed by atoms with E-state index in [1.165, 1.54) is 26.2 Å². The number of imide groups is 1. The summed E-state index contributed by atoms with van der Waals surface area (Å²) in [7, 11) is 4.52. The van der Waals surface area contributed by atoms with Gasteiger partial charge in [-0.2, -0.15) is 0 Å². The molecule has 1 aromatic rings. The Morgan fingerprint density at radius 2 is 1.72 bits per heavy atom. The van der Waals surface area contributed by atoms with Gasteiger partial charge in [0.25, 0.3) is 11.1 Å². The molecule has 0 N–H and O–H groups in total. The van der Waals surface area contributed by atoms with Crippen molar-refractivity contribution in [1.29, 1.82) is 0 Å². The standard InChI is InChI=1S/C20H25NO7S/c1-5-28-17(22)8-6-7-9-21-19(23)16(29-20(21)24)12-13-10-14(25-2)18(27-4)15(11-13)26-3/h10-12H,5-9H2,1-4H3/b16-12-. The van der Waals surface area contributed by atoms with E-state index in [4.69, 9.17) is 18.9 Å². The molecule has 1 heterocycles. The van der Waals surface area contributed by atoms with E-state index in [1.54, 1.807) is 25.1 Å². The topological polar surface area (TPSA) is 91.4 Å². The van der Waals surface area contributed by atoms with Crippen molar-refractivity contribution < 1.29 is 33.3 Å². The second-order valence-corrected chi connectivity index (χ2v) is 7.05. The second-order valence-electron chi connectivity index (χ2n) is 6.05. The number of nitrogens with zero attached hydrogens (tertiary/aromatic N) is 1. The summed E-state index contributed by atoms with van der Waals surface area (Å²) in [5.41, 5.74) is 0.646. The third kappa shape index (κ3) is 5.66. The Hall–Kier alpha value is -2.68. The van der Waals surface area contributed by atoms with Gasteiger partial charge in [-0.3, -0.25) is 19.3 Å². The molecule has 0 spiro atoms. The number of rotatable bonds is 10. The number of carbonyl (C=O) groups excluding carboxylic acids is 3. The molecular formula is C20H25NO7S. The quantitative estimate of drug-likeness (QED) is 0.321. The van der Waals surface area contributed by atoms with Gasteiger partial charge in [-0.1, -0.05) is 0 Å². The van der Waals surface area contributed by atoms with Crippen LogP contribution in [-0.2, 0) is 14.3 Å². The number of esters is 1. The Bertz CT molecular complexity index is 781. The van der Waals surface area contributed by atoms with E-state index in [-0.39, 0.29) is 30.1 Å². The van der Waals surface area contributed by atoms with Gasteiger partial charge in [-0.05, 0) is 55.3 Å². The third-order valence-corrected chi connectivity index (χ3v) is 5.08. The largest absolute Gasteiger partial charge is 0.493 e. The molecule has 0 atom stereocenters. The SMILES string of the molecule is CCOC(=O)CCCCN1C(=O)S/C(=C\c2cc(OC)c(OC)c(OC)c2)C1=O. The van der Waals surface area contributed by atoms with Gasteiger partial charge < -0.3 is 18.9 Å². The minimum absolute atomic E-state index is 0.261. The molecular weight excluding hydrogens is 398 g/mol. The maximum Gasteiger partial charge on any atom is 0.305 e. The maximum absolute atomic E-state index is 12.6. The molecule has 1 fully saturated rings. The first-order valence-corrected chi connectivity index (χ1v) is 9.97. The molecule has 1 saturated heterocycles. The lowest BCUT2D eigenvalue weighted by atomic mass is 10.1. The fourth-order valence-electron chi connectivity index (χ4n) is 2.80. The molecule has 0 aliphatic carbocycles. The number of methoxy groups -OCH3 is 3. The molecule has 0 radical (unpaired) electrons. The Labute approximate surface area is 174 Å². The van der Waals surface area contributed by atoms with Crippen LogP contribution in [0, 0.1) is 0 Å². The number of ether oxygens (including phenoxy) is 4. The molecule has 9 heteroatoms. The Morgan fingerprint density at radius 1 is 1.07 bits per heavy atom. The van der Waals surface area contributed by atoms with Crippen LogP contribution in [0.15, 0.2) is 17.0 Å². The lowest BCUT2D eigenvalue weighted by Gasteiger charge is -2.13. The van der Waals surface area contributed by atoms with Crippen LogP contribution in [0.3, 0.4) is 0 Å². The average molecular weight is 423 g/mol. The molecule has 0 saturated carbocycles. The van der Waals surface area contributed by atoms with Crippen molar-refractivity contribution in [2.75, 3.05) is 34.5 Å². The summed E-state index contributed by atoms with van der Waals surface area (Å²) < 4.78 is 20.8. The molecule has 0 bridgehead atoms. The van der Waals surface area contributed by atoms with Crippen LogP contribution in [0.5, 0.6) is 17.2 Å². The summed E-state index contributed by atoms with van der Waals surface area (Å²) in [6, 6.07) is 3.41. The molecule has 0 unspecified atom stereocenters. The van der Waals surface area contributed by atoms with Crippen molar-refractivity contribution in [3.63, 3.8) is 0 Å². The zero-order valence-electron chi connectivity index (χ0n) is 17.0. The van der Waals surface area contributed by atoms with Gasteiger partial charge in [-0.25, -0.2) is 0 Å². The van der Waals surface area contributed by atoms with E-state index in [0.29, 0.717) is 47.2 Å². The number of carbonyl (C=O) groups is 3. The van der Waals surface area contributed by atoms with Gasteiger partial charge in [0, 0.05) is 13.0 Å². The molecule has 0 aromatic heterocycles. The van der Waals surface area contributed by atoms with Crippen LogP contribution in [0.4, 0.5) is 4.79 Å². The van der Waals surface area contributed by atoms with Crippen LogP contribution in [0.2, 0.25) is 0 Å². The monoisotopic (exact) mass is 423 g/mol. The lowest BCUT2D eigenvalue weighted by molar-refractivity contribution is -0.143. The third-order valence-electron chi connectivity index (χ3n) is 4.18. The maximum atomic E-state index is 12.6. The van der Waals surface area contributed by atoms with Crippen molar-refractivity contribution in [3.8, 4) is 17.2 Å². The molecule has 8 nitrogen and oxygen atoms in total. The van der Waals surface area contributed by atoms with E-state index in [0.717, 1.165) is 11.8 Å². The normalized spacial score (nSPS) is 15.0. The summed E-state index contributed by atoms with van der Waals surface area (Å²) >= 11 is 0.880. The fourth-order valence-corrected chi connectivity index (χ4v) is 3.67. The number of unbranched alkanes of at least 4 members (excludes halogenated alkanes) is 1. The molecule has 2 rings (SSSR count). The van der Waals surface area contributed by atoms with Crippen LogP contribution in [0.1, 0.15) is 31.7 Å². The summed E-state index contributed by atoms with van der Waals surface area (Å²) in [5, 5.41) is -0.329. The Kier molecular flexibility index (Phi) is 8.38. The fraction of sp³-hybridized carbons (Fsp3) is 0.450. The number of hydrogen-bond donors (Lipinski definition) is 0. The van der Waals surface area contributed by atoms with E-state index < -0.39 is 0 Å². The zero-order valence-corrected chi connectivity index (χ0v) is 17.8. The summed E-state index contributed by atoms with van der Waals surface area (Å²) in [4.78, 5) is 37.7. The van der Waals surface area contributed by atoms with Crippen LogP contribution in [-0.4, -0.2) is 56.5 Å². The minimum Gasteiger partial charge on any atom is -0.493 e. The highest BCUT2D eigenvalue weighted by Gasteiger charge is 2.34. The van der Waals surface area contributed by atoms with Crippen molar-refractivity contribution in [1.82, 2.24) is 4.90 Å². The van der Waals surface area contributed by atoms with Crippen LogP contribution >= 0.6 is 11.8 Å². The predicted molar refractivity (Wildman–Crippen MR) is 109 cm³/mol. The molecule has 1 aliphatic rings. The number of hydrogen-bond acceptors (Lipinski definition) is 8. The number of thioether (sulfide) groups is 1. The highest BCUT2D eigenvalue weighted by Crippen LogP contribution is 2.40. The first-order chi connectivity index (χ1) is 13.9. The molecule has 1 aromatic carbocycles. The first kappa shape index (κ1) is 22.6. The highest BCUT2D eigenvalue weighted by molar-refractivity contribution is 8.18. The van der Waals surface area contributed by atoms with E-state index in [9.17, 15) is 14.4 Å². The van der Waals surface area contributed by atoms with E-state index in [1.807, 2.05) is 0 Å². The lowest BCUT2D eigenvalue weighted by Crippen LogP contribution is -2.29. The molecule has 158 valence electrons. The highest BCUT2D eigenvalue weighted by atomic mass is 32.2. The van der Waals surface area contributed by atoms with Gasteiger partial charge in [-0.15, -0.1) is 0 Å². The summed E-state index contributed by atoms with van der Waals surface area (Å²) in [6.45, 7) is 2.35. The van der Waals surface area contributed by atoms with Crippen LogP contribution in [0.25, 0.3) is 6.08 Å². The predicted octanol–water partition coefficient (Wildman–Crippen LogP) is 3.48. The average Bonchev–Trinajstić information content (AvgIpc) is 2.97. The van der Waals surface area contributed by atoms with E-state index in [2.05, 4.69) is 0 Å². The zero-order chi connectivity index (χ0) is 21.4. The van der Waals surface area contributed by atoms with Gasteiger partial charge in [0.1, 0.15) is 0 Å². The Balaban J connectivity index is 2.08. The van der Waals surface area contributed by atoms with Gasteiger partial charge in [0.05, 0.1) is 32.8 Å². The van der Waals surface area contributed by atoms with Gasteiger partial charge >= 0.3 is 5.97 Å². The minimum atomic E-state index is -0.357. The summed E-state index contributed by atoms with van der Waals surface area (Å²) in [5.74, 6) is 0.725. The van der Waals surface area contributed by atoms with Gasteiger partial charge in [0.15, 0.2) is 11.5 Å². The van der Waals surface area contributed by atoms with Crippen molar-refractivity contribution in [3.05, 3.63) is 22.6 Å². The number of amides is 2. The smallest absolute Gasteiger partial charge is 0.305 e. The van der Waals surface area contributed by atoms with Crippen LogP contribution < -0.4 is 14.2 Å². The first-order valence-electron chi connectivity index (χ1n) is 9.16. The van der Waals surface area contributed by atoms with E-state index >= 15 is 0 Å². The second kappa shape index (κ2) is 10.8. The summed E-state index contributed by atoms with van der Waals surface area (Å²) in [6.07, 6.45) is 2.97. The number of benzene rings is 1. The van der Waals surface area contributed by atoms with Crippen molar-refractivity contribution in [2.24, 2.45) is 0 Å². The molecule has 29 heavy (non-hydrogen) atoms. The van der Waals surface area contributed by atoms with Crippen molar-refractivity contribution >= 4 is 35.0 Å². The molecule has 1 aliphatic heterocycles. The molecule has 2 amide bonds. The Morgan fingerprint density at radius 3 is 2.28 bits per heavy atom. The van der Waals surface area contributed by atoms with Gasteiger partial charge in [0.2, 0.25) is 5.75 Å². The van der Waals surface area contributed by atoms with Crippen molar-refractivity contribution in [2.45, 2.75) is 26.2 Å².